The molecule has 1 atom stereocenters. The van der Waals surface area contributed by atoms with Crippen LogP contribution in [-0.2, 0) is 4.74 Å². The average Bonchev–Trinajstić information content (AvgIpc) is 2.46. The first-order chi connectivity index (χ1) is 8.80. The van der Waals surface area contributed by atoms with E-state index in [1.165, 1.54) is 0 Å². The first kappa shape index (κ1) is 13.3. The SMILES string of the molecule is CCC1CN(c2cccc(SC)c2C#N)CCO1. The van der Waals surface area contributed by atoms with Crippen LogP contribution in [0.2, 0.25) is 0 Å². The van der Waals surface area contributed by atoms with Gasteiger partial charge in [-0.05, 0) is 24.8 Å². The summed E-state index contributed by atoms with van der Waals surface area (Å²) in [6.45, 7) is 4.62. The minimum Gasteiger partial charge on any atom is -0.375 e. The summed E-state index contributed by atoms with van der Waals surface area (Å²) < 4.78 is 5.68. The number of anilines is 1. The summed E-state index contributed by atoms with van der Waals surface area (Å²) in [6.07, 6.45) is 3.30. The van der Waals surface area contributed by atoms with Gasteiger partial charge in [0, 0.05) is 18.0 Å². The molecule has 0 aromatic heterocycles. The van der Waals surface area contributed by atoms with E-state index in [-0.39, 0.29) is 6.10 Å². The summed E-state index contributed by atoms with van der Waals surface area (Å²) in [5, 5.41) is 9.36. The molecule has 4 heteroatoms. The molecule has 1 heterocycles. The van der Waals surface area contributed by atoms with Gasteiger partial charge in [-0.15, -0.1) is 11.8 Å². The Balaban J connectivity index is 2.30. The van der Waals surface area contributed by atoms with Crippen molar-refractivity contribution >= 4 is 17.4 Å². The van der Waals surface area contributed by atoms with Crippen molar-refractivity contribution in [3.8, 4) is 6.07 Å². The number of ether oxygens (including phenoxy) is 1. The predicted octanol–water partition coefficient (Wildman–Crippen LogP) is 2.90. The molecule has 1 aliphatic rings. The van der Waals surface area contributed by atoms with Gasteiger partial charge in [-0.1, -0.05) is 13.0 Å². The highest BCUT2D eigenvalue weighted by atomic mass is 32.2. The average molecular weight is 262 g/mol. The molecular formula is C14H18N2OS. The van der Waals surface area contributed by atoms with Crippen LogP contribution in [0.5, 0.6) is 0 Å². The van der Waals surface area contributed by atoms with E-state index in [2.05, 4.69) is 17.9 Å². The second kappa shape index (κ2) is 6.12. The molecule has 1 aliphatic heterocycles. The van der Waals surface area contributed by atoms with Crippen molar-refractivity contribution < 1.29 is 4.74 Å². The molecule has 2 rings (SSSR count). The van der Waals surface area contributed by atoms with Gasteiger partial charge in [-0.2, -0.15) is 5.26 Å². The molecule has 0 amide bonds. The van der Waals surface area contributed by atoms with Crippen molar-refractivity contribution in [1.82, 2.24) is 0 Å². The van der Waals surface area contributed by atoms with Crippen molar-refractivity contribution in [3.05, 3.63) is 23.8 Å². The lowest BCUT2D eigenvalue weighted by molar-refractivity contribution is 0.0384. The summed E-state index contributed by atoms with van der Waals surface area (Å²) in [7, 11) is 0. The van der Waals surface area contributed by atoms with E-state index < -0.39 is 0 Å². The van der Waals surface area contributed by atoms with Crippen molar-refractivity contribution in [2.75, 3.05) is 30.9 Å². The zero-order valence-corrected chi connectivity index (χ0v) is 11.7. The molecule has 0 saturated carbocycles. The molecule has 0 bridgehead atoms. The van der Waals surface area contributed by atoms with Crippen LogP contribution in [0.1, 0.15) is 18.9 Å². The van der Waals surface area contributed by atoms with Gasteiger partial charge in [-0.25, -0.2) is 0 Å². The molecule has 1 aromatic carbocycles. The highest BCUT2D eigenvalue weighted by molar-refractivity contribution is 7.98. The molecule has 0 spiro atoms. The van der Waals surface area contributed by atoms with Crippen LogP contribution < -0.4 is 4.90 Å². The Hall–Kier alpha value is -1.18. The largest absolute Gasteiger partial charge is 0.375 e. The number of morpholine rings is 1. The molecule has 0 radical (unpaired) electrons. The van der Waals surface area contributed by atoms with E-state index in [1.807, 2.05) is 24.5 Å². The summed E-state index contributed by atoms with van der Waals surface area (Å²) in [6, 6.07) is 8.41. The number of rotatable bonds is 3. The van der Waals surface area contributed by atoms with Crippen molar-refractivity contribution in [3.63, 3.8) is 0 Å². The molecule has 18 heavy (non-hydrogen) atoms. The molecule has 1 aromatic rings. The number of hydrogen-bond donors (Lipinski definition) is 0. The van der Waals surface area contributed by atoms with Gasteiger partial charge in [0.2, 0.25) is 0 Å². The summed E-state index contributed by atoms with van der Waals surface area (Å²) >= 11 is 1.62. The second-order valence-electron chi connectivity index (χ2n) is 4.31. The van der Waals surface area contributed by atoms with Crippen molar-refractivity contribution in [1.29, 1.82) is 5.26 Å². The van der Waals surface area contributed by atoms with E-state index in [1.54, 1.807) is 11.8 Å². The minimum absolute atomic E-state index is 0.281. The minimum atomic E-state index is 0.281. The van der Waals surface area contributed by atoms with Gasteiger partial charge in [0.05, 0.1) is 24.0 Å². The first-order valence-corrected chi connectivity index (χ1v) is 7.46. The second-order valence-corrected chi connectivity index (χ2v) is 5.16. The zero-order valence-electron chi connectivity index (χ0n) is 10.8. The number of hydrogen-bond acceptors (Lipinski definition) is 4. The summed E-state index contributed by atoms with van der Waals surface area (Å²) in [4.78, 5) is 3.32. The Morgan fingerprint density at radius 2 is 2.39 bits per heavy atom. The highest BCUT2D eigenvalue weighted by Crippen LogP contribution is 2.30. The molecule has 0 N–H and O–H groups in total. The Bertz CT molecular complexity index is 456. The Kier molecular flexibility index (Phi) is 4.51. The number of nitrogens with zero attached hydrogens (tertiary/aromatic N) is 2. The standard InChI is InChI=1S/C14H18N2OS/c1-3-11-10-16(7-8-17-11)13-5-4-6-14(18-2)12(13)9-15/h4-6,11H,3,7-8,10H2,1-2H3. The van der Waals surface area contributed by atoms with E-state index >= 15 is 0 Å². The predicted molar refractivity (Wildman–Crippen MR) is 75.2 cm³/mol. The van der Waals surface area contributed by atoms with Gasteiger partial charge < -0.3 is 9.64 Å². The maximum absolute atomic E-state index is 9.36. The fourth-order valence-corrected chi connectivity index (χ4v) is 2.82. The fraction of sp³-hybridized carbons (Fsp3) is 0.500. The third-order valence-corrected chi connectivity index (χ3v) is 4.05. The zero-order chi connectivity index (χ0) is 13.0. The van der Waals surface area contributed by atoms with Gasteiger partial charge in [0.1, 0.15) is 6.07 Å². The molecule has 0 aliphatic carbocycles. The van der Waals surface area contributed by atoms with E-state index in [0.29, 0.717) is 0 Å². The normalized spacial score (nSPS) is 19.6. The Morgan fingerprint density at radius 3 is 3.06 bits per heavy atom. The van der Waals surface area contributed by atoms with Gasteiger partial charge in [-0.3, -0.25) is 0 Å². The van der Waals surface area contributed by atoms with Gasteiger partial charge in [0.15, 0.2) is 0 Å². The van der Waals surface area contributed by atoms with Crippen molar-refractivity contribution in [2.45, 2.75) is 24.3 Å². The van der Waals surface area contributed by atoms with Gasteiger partial charge >= 0.3 is 0 Å². The van der Waals surface area contributed by atoms with Crippen LogP contribution in [0, 0.1) is 11.3 Å². The van der Waals surface area contributed by atoms with E-state index in [0.717, 1.165) is 42.3 Å². The molecule has 1 unspecified atom stereocenters. The number of nitriles is 1. The Labute approximate surface area is 113 Å². The van der Waals surface area contributed by atoms with Crippen molar-refractivity contribution in [2.24, 2.45) is 0 Å². The summed E-state index contributed by atoms with van der Waals surface area (Å²) in [5.41, 5.74) is 1.84. The molecule has 1 saturated heterocycles. The molecule has 3 nitrogen and oxygen atoms in total. The molecule has 96 valence electrons. The van der Waals surface area contributed by atoms with Crippen LogP contribution in [0.3, 0.4) is 0 Å². The van der Waals surface area contributed by atoms with Crippen LogP contribution >= 0.6 is 11.8 Å². The van der Waals surface area contributed by atoms with Gasteiger partial charge in [0.25, 0.3) is 0 Å². The first-order valence-electron chi connectivity index (χ1n) is 6.23. The maximum atomic E-state index is 9.36. The van der Waals surface area contributed by atoms with E-state index in [4.69, 9.17) is 4.74 Å². The lowest BCUT2D eigenvalue weighted by atomic mass is 10.1. The summed E-state index contributed by atoms with van der Waals surface area (Å²) in [5.74, 6) is 0. The third kappa shape index (κ3) is 2.63. The third-order valence-electron chi connectivity index (χ3n) is 3.27. The monoisotopic (exact) mass is 262 g/mol. The van der Waals surface area contributed by atoms with Crippen LogP contribution in [0.25, 0.3) is 0 Å². The van der Waals surface area contributed by atoms with Crippen LogP contribution in [0.15, 0.2) is 23.1 Å². The molecular weight excluding hydrogens is 244 g/mol. The quantitative estimate of drug-likeness (QED) is 0.785. The molecule has 1 fully saturated rings. The van der Waals surface area contributed by atoms with E-state index in [9.17, 15) is 5.26 Å². The highest BCUT2D eigenvalue weighted by Gasteiger charge is 2.22. The maximum Gasteiger partial charge on any atom is 0.103 e. The van der Waals surface area contributed by atoms with Crippen LogP contribution in [0.4, 0.5) is 5.69 Å². The lowest BCUT2D eigenvalue weighted by Crippen LogP contribution is -2.42. The fourth-order valence-electron chi connectivity index (χ4n) is 2.25. The smallest absolute Gasteiger partial charge is 0.103 e. The van der Waals surface area contributed by atoms with Crippen LogP contribution in [-0.4, -0.2) is 32.1 Å². The Morgan fingerprint density at radius 1 is 1.56 bits per heavy atom. The number of thioether (sulfide) groups is 1. The number of benzene rings is 1. The lowest BCUT2D eigenvalue weighted by Gasteiger charge is -2.34. The topological polar surface area (TPSA) is 36.3 Å².